The summed E-state index contributed by atoms with van der Waals surface area (Å²) >= 11 is 0. The number of rotatable bonds is 3. The van der Waals surface area contributed by atoms with Crippen LogP contribution in [0, 0.1) is 0 Å². The van der Waals surface area contributed by atoms with Gasteiger partial charge in [-0.1, -0.05) is 0 Å². The summed E-state index contributed by atoms with van der Waals surface area (Å²) in [5.74, 6) is 0.329. The molecule has 7 N–H and O–H groups in total. The van der Waals surface area contributed by atoms with Crippen molar-refractivity contribution in [2.45, 2.75) is 30.8 Å². The van der Waals surface area contributed by atoms with E-state index in [9.17, 15) is 5.11 Å². The van der Waals surface area contributed by atoms with Crippen LogP contribution < -0.4 is 17.2 Å². The van der Waals surface area contributed by atoms with Gasteiger partial charge in [0.15, 0.2) is 11.5 Å². The number of anilines is 1. The highest BCUT2D eigenvalue weighted by Gasteiger charge is 2.40. The topological polar surface area (TPSA) is 151 Å². The summed E-state index contributed by atoms with van der Waals surface area (Å²) < 4.78 is 7.46. The zero-order valence-electron chi connectivity index (χ0n) is 10.8. The van der Waals surface area contributed by atoms with Crippen LogP contribution in [0.2, 0.25) is 0 Å². The summed E-state index contributed by atoms with van der Waals surface area (Å²) in [6.45, 7) is 0.295. The van der Waals surface area contributed by atoms with Gasteiger partial charge in [-0.05, 0) is 0 Å². The minimum atomic E-state index is -0.440. The van der Waals surface area contributed by atoms with Crippen molar-refractivity contribution >= 4 is 17.0 Å². The molecule has 9 nitrogen and oxygen atoms in total. The molecule has 9 heteroatoms. The van der Waals surface area contributed by atoms with E-state index in [0.29, 0.717) is 23.5 Å². The van der Waals surface area contributed by atoms with Gasteiger partial charge in [-0.25, -0.2) is 15.0 Å². The van der Waals surface area contributed by atoms with Gasteiger partial charge in [-0.3, -0.25) is 0 Å². The number of fused-ring (bicyclic) bond motifs is 1. The highest BCUT2D eigenvalue weighted by Crippen LogP contribution is 2.21. The number of nitrogens with zero attached hydrogens (tertiary/aromatic N) is 4. The van der Waals surface area contributed by atoms with Gasteiger partial charge in [0, 0.05) is 0 Å². The van der Waals surface area contributed by atoms with Crippen molar-refractivity contribution in [2.24, 2.45) is 11.5 Å². The van der Waals surface area contributed by atoms with Gasteiger partial charge in [-0.15, -0.1) is 0 Å². The van der Waals surface area contributed by atoms with Crippen molar-refractivity contribution in [3.63, 3.8) is 0 Å². The fraction of sp³-hybridized carbons (Fsp3) is 0.545. The lowest BCUT2D eigenvalue weighted by Gasteiger charge is -2.16. The van der Waals surface area contributed by atoms with Gasteiger partial charge >= 0.3 is 0 Å². The summed E-state index contributed by atoms with van der Waals surface area (Å²) in [6, 6.07) is -0.747. The first kappa shape index (κ1) is 13.2. The Bertz CT molecular complexity index is 616. The first-order chi connectivity index (χ1) is 9.61. The Morgan fingerprint density at radius 3 is 2.65 bits per heavy atom. The van der Waals surface area contributed by atoms with E-state index in [1.54, 1.807) is 10.9 Å². The average Bonchev–Trinajstić information content (AvgIpc) is 2.97. The summed E-state index contributed by atoms with van der Waals surface area (Å²) in [5.41, 5.74) is 18.8. The molecule has 1 aliphatic heterocycles. The predicted molar refractivity (Wildman–Crippen MR) is 71.4 cm³/mol. The number of hydrogen-bond donors (Lipinski definition) is 4. The monoisotopic (exact) mass is 279 g/mol. The second-order valence-corrected chi connectivity index (χ2v) is 4.88. The van der Waals surface area contributed by atoms with Crippen LogP contribution in [0.4, 0.5) is 5.82 Å². The molecule has 0 aromatic carbocycles. The van der Waals surface area contributed by atoms with Crippen LogP contribution in [0.1, 0.15) is 0 Å². The van der Waals surface area contributed by atoms with Gasteiger partial charge < -0.3 is 31.6 Å². The molecule has 2 aromatic heterocycles. The highest BCUT2D eigenvalue weighted by molar-refractivity contribution is 5.81. The lowest BCUT2D eigenvalue weighted by molar-refractivity contribution is 0.0000293. The SMILES string of the molecule is Nc1ncnc2c1ncn2C[C@H]1O[C@@H](CO)[C@@H](N)[C@@H]1N. The Kier molecular flexibility index (Phi) is 3.26. The molecular weight excluding hydrogens is 262 g/mol. The minimum absolute atomic E-state index is 0.148. The lowest BCUT2D eigenvalue weighted by Crippen LogP contribution is -2.47. The van der Waals surface area contributed by atoms with E-state index in [2.05, 4.69) is 15.0 Å². The summed E-state index contributed by atoms with van der Waals surface area (Å²) in [4.78, 5) is 12.2. The van der Waals surface area contributed by atoms with Crippen molar-refractivity contribution < 1.29 is 9.84 Å². The number of aliphatic hydroxyl groups is 1. The molecule has 20 heavy (non-hydrogen) atoms. The number of ether oxygens (including phenoxy) is 1. The molecule has 1 saturated heterocycles. The van der Waals surface area contributed by atoms with Gasteiger partial charge in [0.2, 0.25) is 0 Å². The van der Waals surface area contributed by atoms with Gasteiger partial charge in [0.25, 0.3) is 0 Å². The zero-order valence-corrected chi connectivity index (χ0v) is 10.8. The molecule has 0 saturated carbocycles. The molecule has 0 bridgehead atoms. The Labute approximate surface area is 114 Å². The van der Waals surface area contributed by atoms with E-state index in [-0.39, 0.29) is 24.8 Å². The van der Waals surface area contributed by atoms with E-state index < -0.39 is 6.10 Å². The van der Waals surface area contributed by atoms with E-state index in [1.165, 1.54) is 6.33 Å². The van der Waals surface area contributed by atoms with Crippen LogP contribution in [0.25, 0.3) is 11.2 Å². The van der Waals surface area contributed by atoms with Crippen molar-refractivity contribution in [3.8, 4) is 0 Å². The first-order valence-corrected chi connectivity index (χ1v) is 6.30. The van der Waals surface area contributed by atoms with Gasteiger partial charge in [0.1, 0.15) is 11.8 Å². The van der Waals surface area contributed by atoms with Crippen molar-refractivity contribution in [1.29, 1.82) is 0 Å². The summed E-state index contributed by atoms with van der Waals surface area (Å²) in [5, 5.41) is 9.19. The number of imidazole rings is 1. The fourth-order valence-corrected chi connectivity index (χ4v) is 2.46. The van der Waals surface area contributed by atoms with Crippen LogP contribution in [-0.4, -0.2) is 55.5 Å². The molecule has 0 radical (unpaired) electrons. The first-order valence-electron chi connectivity index (χ1n) is 6.30. The van der Waals surface area contributed by atoms with E-state index >= 15 is 0 Å². The number of hydrogen-bond acceptors (Lipinski definition) is 8. The second kappa shape index (κ2) is 4.94. The molecular formula is C11H17N7O2. The predicted octanol–water partition coefficient (Wildman–Crippen LogP) is -2.18. The maximum Gasteiger partial charge on any atom is 0.165 e. The second-order valence-electron chi connectivity index (χ2n) is 4.88. The third-order valence-electron chi connectivity index (χ3n) is 3.64. The third kappa shape index (κ3) is 2.00. The third-order valence-corrected chi connectivity index (χ3v) is 3.64. The number of aliphatic hydroxyl groups excluding tert-OH is 1. The van der Waals surface area contributed by atoms with Gasteiger partial charge in [0.05, 0.1) is 43.8 Å². The Hall–Kier alpha value is -1.81. The molecule has 108 valence electrons. The number of aromatic nitrogens is 4. The van der Waals surface area contributed by atoms with Crippen LogP contribution >= 0.6 is 0 Å². The number of nitrogens with two attached hydrogens (primary N) is 3. The van der Waals surface area contributed by atoms with E-state index in [1.807, 2.05) is 0 Å². The quantitative estimate of drug-likeness (QED) is 0.495. The molecule has 1 aliphatic rings. The maximum atomic E-state index is 9.19. The molecule has 1 fully saturated rings. The van der Waals surface area contributed by atoms with Crippen molar-refractivity contribution in [1.82, 2.24) is 19.5 Å². The standard InChI is InChI=1S/C11H17N7O2/c12-7-5(20-6(2-19)8(7)13)1-18-4-17-9-10(14)15-3-16-11(9)18/h3-8,19H,1-2,12-13H2,(H2,14,15,16)/t5-,6+,7-,8-/m1/s1. The van der Waals surface area contributed by atoms with Gasteiger partial charge in [-0.2, -0.15) is 0 Å². The smallest absolute Gasteiger partial charge is 0.165 e. The summed E-state index contributed by atoms with van der Waals surface area (Å²) in [7, 11) is 0. The average molecular weight is 279 g/mol. The highest BCUT2D eigenvalue weighted by atomic mass is 16.5. The molecule has 2 aromatic rings. The van der Waals surface area contributed by atoms with Crippen LogP contribution in [0.3, 0.4) is 0 Å². The largest absolute Gasteiger partial charge is 0.394 e. The maximum absolute atomic E-state index is 9.19. The Morgan fingerprint density at radius 2 is 1.95 bits per heavy atom. The summed E-state index contributed by atoms with van der Waals surface area (Å²) in [6.07, 6.45) is 2.25. The normalized spacial score (nSPS) is 30.1. The Balaban J connectivity index is 1.85. The Morgan fingerprint density at radius 1 is 1.20 bits per heavy atom. The zero-order chi connectivity index (χ0) is 14.3. The molecule has 0 aliphatic carbocycles. The van der Waals surface area contributed by atoms with Crippen LogP contribution in [-0.2, 0) is 11.3 Å². The van der Waals surface area contributed by atoms with Crippen molar-refractivity contribution in [3.05, 3.63) is 12.7 Å². The van der Waals surface area contributed by atoms with Crippen LogP contribution in [0.5, 0.6) is 0 Å². The fourth-order valence-electron chi connectivity index (χ4n) is 2.46. The molecule has 3 heterocycles. The molecule has 0 unspecified atom stereocenters. The van der Waals surface area contributed by atoms with E-state index in [4.69, 9.17) is 21.9 Å². The molecule has 3 rings (SSSR count). The minimum Gasteiger partial charge on any atom is -0.394 e. The molecule has 0 amide bonds. The van der Waals surface area contributed by atoms with Crippen LogP contribution in [0.15, 0.2) is 12.7 Å². The van der Waals surface area contributed by atoms with Crippen molar-refractivity contribution in [2.75, 3.05) is 12.3 Å². The lowest BCUT2D eigenvalue weighted by atomic mass is 10.0. The van der Waals surface area contributed by atoms with E-state index in [0.717, 1.165) is 0 Å². The number of nitrogen functional groups attached to an aromatic ring is 1. The molecule has 0 spiro atoms. The molecule has 4 atom stereocenters.